The minimum absolute atomic E-state index is 0.0268. The number of rotatable bonds is 2. The second kappa shape index (κ2) is 5.68. The highest BCUT2D eigenvalue weighted by Gasteiger charge is 2.25. The van der Waals surface area contributed by atoms with Crippen molar-refractivity contribution in [1.82, 2.24) is 0 Å². The highest BCUT2D eigenvalue weighted by atomic mass is 16.5. The number of hydrogen-bond donors (Lipinski definition) is 0. The van der Waals surface area contributed by atoms with Crippen LogP contribution in [0.5, 0.6) is 11.5 Å². The summed E-state index contributed by atoms with van der Waals surface area (Å²) in [6.07, 6.45) is 1.85. The number of hydrogen-bond acceptors (Lipinski definition) is 3. The number of benzene rings is 2. The lowest BCUT2D eigenvalue weighted by Crippen LogP contribution is -2.20. The van der Waals surface area contributed by atoms with Gasteiger partial charge in [0.2, 0.25) is 0 Å². The topological polar surface area (TPSA) is 35.5 Å². The fourth-order valence-corrected chi connectivity index (χ4v) is 2.78. The summed E-state index contributed by atoms with van der Waals surface area (Å²) in [6, 6.07) is 11.5. The average Bonchev–Trinajstić information content (AvgIpc) is 2.51. The Morgan fingerprint density at radius 2 is 1.95 bits per heavy atom. The van der Waals surface area contributed by atoms with E-state index in [2.05, 4.69) is 0 Å². The number of aryl methyl sites for hydroxylation is 2. The molecule has 0 aromatic heterocycles. The molecule has 1 aliphatic rings. The van der Waals surface area contributed by atoms with E-state index in [9.17, 15) is 4.79 Å². The highest BCUT2D eigenvalue weighted by molar-refractivity contribution is 6.14. The van der Waals surface area contributed by atoms with Gasteiger partial charge >= 0.3 is 0 Å². The van der Waals surface area contributed by atoms with Crippen molar-refractivity contribution in [3.63, 3.8) is 0 Å². The second-order valence-electron chi connectivity index (χ2n) is 5.49. The van der Waals surface area contributed by atoms with Crippen molar-refractivity contribution in [2.24, 2.45) is 0 Å². The Hall–Kier alpha value is -2.55. The van der Waals surface area contributed by atoms with Gasteiger partial charge in [-0.15, -0.1) is 0 Å². The fourth-order valence-electron chi connectivity index (χ4n) is 2.78. The lowest BCUT2D eigenvalue weighted by molar-refractivity contribution is 0.100. The smallest absolute Gasteiger partial charge is 0.196 e. The molecule has 0 atom stereocenters. The van der Waals surface area contributed by atoms with Crippen LogP contribution < -0.4 is 9.47 Å². The first-order valence-electron chi connectivity index (χ1n) is 7.22. The van der Waals surface area contributed by atoms with Crippen LogP contribution in [-0.4, -0.2) is 19.5 Å². The van der Waals surface area contributed by atoms with Gasteiger partial charge in [0.15, 0.2) is 5.78 Å². The van der Waals surface area contributed by atoms with Crippen LogP contribution in [0.1, 0.15) is 27.0 Å². The number of Topliss-reactive ketones (excluding diaryl/α,β-unsaturated/α-hetero) is 1. The Morgan fingerprint density at radius 3 is 2.73 bits per heavy atom. The van der Waals surface area contributed by atoms with Crippen LogP contribution in [0, 0.1) is 13.8 Å². The molecule has 0 unspecified atom stereocenters. The molecule has 2 aromatic carbocycles. The van der Waals surface area contributed by atoms with Gasteiger partial charge in [-0.05, 0) is 43.2 Å². The molecule has 1 aliphatic heterocycles. The van der Waals surface area contributed by atoms with E-state index in [1.807, 2.05) is 56.3 Å². The van der Waals surface area contributed by atoms with Crippen LogP contribution in [0.25, 0.3) is 6.08 Å². The molecule has 0 saturated heterocycles. The molecule has 0 radical (unpaired) electrons. The van der Waals surface area contributed by atoms with Crippen LogP contribution in [-0.2, 0) is 0 Å². The van der Waals surface area contributed by atoms with E-state index in [0.29, 0.717) is 16.9 Å². The lowest BCUT2D eigenvalue weighted by atomic mass is 9.94. The third-order valence-corrected chi connectivity index (χ3v) is 3.80. The number of fused-ring (bicyclic) bond motifs is 1. The van der Waals surface area contributed by atoms with E-state index in [-0.39, 0.29) is 12.4 Å². The number of carbonyl (C=O) groups excluding carboxylic acids is 1. The molecule has 0 fully saturated rings. The summed E-state index contributed by atoms with van der Waals surface area (Å²) in [7, 11) is 1.62. The Morgan fingerprint density at radius 1 is 1.18 bits per heavy atom. The van der Waals surface area contributed by atoms with Crippen molar-refractivity contribution in [1.29, 1.82) is 0 Å². The van der Waals surface area contributed by atoms with Crippen LogP contribution in [0.3, 0.4) is 0 Å². The van der Waals surface area contributed by atoms with Gasteiger partial charge in [0, 0.05) is 11.1 Å². The summed E-state index contributed by atoms with van der Waals surface area (Å²) in [4.78, 5) is 12.7. The van der Waals surface area contributed by atoms with Crippen molar-refractivity contribution in [2.75, 3.05) is 13.7 Å². The van der Waals surface area contributed by atoms with Gasteiger partial charge in [0.05, 0.1) is 12.7 Å². The van der Waals surface area contributed by atoms with E-state index in [4.69, 9.17) is 9.47 Å². The molecule has 1 heterocycles. The standard InChI is InChI=1S/C19H18O3/c1-12-8-13(2)19-16(9-12)18(20)15(11-22-19)10-14-6-4-5-7-17(14)21-3/h4-10H,11H2,1-3H3/b15-10+. The Kier molecular flexibility index (Phi) is 3.72. The zero-order valence-electron chi connectivity index (χ0n) is 13.0. The molecule has 2 aromatic rings. The number of ketones is 1. The van der Waals surface area contributed by atoms with Crippen molar-refractivity contribution < 1.29 is 14.3 Å². The van der Waals surface area contributed by atoms with Crippen molar-refractivity contribution in [2.45, 2.75) is 13.8 Å². The van der Waals surface area contributed by atoms with Gasteiger partial charge in [0.25, 0.3) is 0 Å². The number of ether oxygens (including phenoxy) is 2. The molecule has 0 N–H and O–H groups in total. The maximum absolute atomic E-state index is 12.7. The molecular formula is C19H18O3. The molecule has 3 heteroatoms. The van der Waals surface area contributed by atoms with Crippen LogP contribution in [0.15, 0.2) is 42.0 Å². The minimum atomic E-state index is 0.0268. The normalized spacial score (nSPS) is 15.4. The van der Waals surface area contributed by atoms with E-state index >= 15 is 0 Å². The fraction of sp³-hybridized carbons (Fsp3) is 0.211. The molecule has 0 amide bonds. The summed E-state index contributed by atoms with van der Waals surface area (Å²) in [5.41, 5.74) is 4.23. The molecule has 3 nitrogen and oxygen atoms in total. The third kappa shape index (κ3) is 2.50. The summed E-state index contributed by atoms with van der Waals surface area (Å²) < 4.78 is 11.1. The van der Waals surface area contributed by atoms with Gasteiger partial charge < -0.3 is 9.47 Å². The predicted octanol–water partition coefficient (Wildman–Crippen LogP) is 3.97. The largest absolute Gasteiger partial charge is 0.496 e. The molecule has 0 spiro atoms. The molecule has 112 valence electrons. The number of para-hydroxylation sites is 1. The van der Waals surface area contributed by atoms with Crippen LogP contribution in [0.2, 0.25) is 0 Å². The molecular weight excluding hydrogens is 276 g/mol. The summed E-state index contributed by atoms with van der Waals surface area (Å²) in [5, 5.41) is 0. The predicted molar refractivity (Wildman–Crippen MR) is 86.7 cm³/mol. The van der Waals surface area contributed by atoms with E-state index < -0.39 is 0 Å². The monoisotopic (exact) mass is 294 g/mol. The molecule has 0 saturated carbocycles. The molecule has 3 rings (SSSR count). The van der Waals surface area contributed by atoms with E-state index in [1.165, 1.54) is 0 Å². The zero-order chi connectivity index (χ0) is 15.7. The van der Waals surface area contributed by atoms with Crippen molar-refractivity contribution >= 4 is 11.9 Å². The van der Waals surface area contributed by atoms with Gasteiger partial charge in [-0.3, -0.25) is 4.79 Å². The average molecular weight is 294 g/mol. The zero-order valence-corrected chi connectivity index (χ0v) is 13.0. The Labute approximate surface area is 130 Å². The van der Waals surface area contributed by atoms with Gasteiger partial charge in [-0.25, -0.2) is 0 Å². The Bertz CT molecular complexity index is 772. The van der Waals surface area contributed by atoms with Crippen molar-refractivity contribution in [3.8, 4) is 11.5 Å². The highest BCUT2D eigenvalue weighted by Crippen LogP contribution is 2.33. The van der Waals surface area contributed by atoms with Crippen LogP contribution in [0.4, 0.5) is 0 Å². The van der Waals surface area contributed by atoms with Crippen molar-refractivity contribution in [3.05, 3.63) is 64.2 Å². The molecule has 0 bridgehead atoms. The quantitative estimate of drug-likeness (QED) is 0.786. The number of carbonyl (C=O) groups is 1. The second-order valence-corrected chi connectivity index (χ2v) is 5.49. The van der Waals surface area contributed by atoms with E-state index in [1.54, 1.807) is 7.11 Å². The maximum atomic E-state index is 12.7. The molecule has 22 heavy (non-hydrogen) atoms. The molecule has 0 aliphatic carbocycles. The lowest BCUT2D eigenvalue weighted by Gasteiger charge is -2.21. The van der Waals surface area contributed by atoms with Crippen LogP contribution >= 0.6 is 0 Å². The number of methoxy groups -OCH3 is 1. The summed E-state index contributed by atoms with van der Waals surface area (Å²) >= 11 is 0. The van der Waals surface area contributed by atoms with Gasteiger partial charge in [-0.2, -0.15) is 0 Å². The SMILES string of the molecule is COc1ccccc1/C=C1\COc2c(C)cc(C)cc2C1=O. The first-order chi connectivity index (χ1) is 10.6. The first kappa shape index (κ1) is 14.4. The third-order valence-electron chi connectivity index (χ3n) is 3.80. The maximum Gasteiger partial charge on any atom is 0.196 e. The van der Waals surface area contributed by atoms with E-state index in [0.717, 1.165) is 22.4 Å². The first-order valence-corrected chi connectivity index (χ1v) is 7.22. The van der Waals surface area contributed by atoms with Gasteiger partial charge in [0.1, 0.15) is 18.1 Å². The Balaban J connectivity index is 2.04. The minimum Gasteiger partial charge on any atom is -0.496 e. The summed E-state index contributed by atoms with van der Waals surface area (Å²) in [5.74, 6) is 1.47. The summed E-state index contributed by atoms with van der Waals surface area (Å²) in [6.45, 7) is 4.24. The van der Waals surface area contributed by atoms with Gasteiger partial charge in [-0.1, -0.05) is 24.3 Å².